The highest BCUT2D eigenvalue weighted by molar-refractivity contribution is 6.19. The van der Waals surface area contributed by atoms with Gasteiger partial charge in [0, 0.05) is 62.6 Å². The van der Waals surface area contributed by atoms with Crippen molar-refractivity contribution in [2.75, 3.05) is 45.7 Å². The fourth-order valence-electron chi connectivity index (χ4n) is 4.28. The lowest BCUT2D eigenvalue weighted by Gasteiger charge is -2.26. The Hall–Kier alpha value is -3.39. The van der Waals surface area contributed by atoms with Gasteiger partial charge >= 0.3 is 0 Å². The molecule has 1 N–H and O–H groups in total. The molecule has 8 nitrogen and oxygen atoms in total. The normalized spacial score (nSPS) is 15.8. The largest absolute Gasteiger partial charge is 0.375 e. The second-order valence-corrected chi connectivity index (χ2v) is 9.27. The summed E-state index contributed by atoms with van der Waals surface area (Å²) in [5.74, 6) is 0.718. The molecule has 0 aliphatic carbocycles. The summed E-state index contributed by atoms with van der Waals surface area (Å²) in [5, 5.41) is 7.63. The number of anilines is 1. The Morgan fingerprint density at radius 1 is 1.29 bits per heavy atom. The lowest BCUT2D eigenvalue weighted by molar-refractivity contribution is -0.114. The van der Waals surface area contributed by atoms with Gasteiger partial charge in [0.2, 0.25) is 0 Å². The van der Waals surface area contributed by atoms with E-state index in [-0.39, 0.29) is 11.8 Å². The zero-order chi connectivity index (χ0) is 25.5. The molecule has 3 rings (SSSR count). The summed E-state index contributed by atoms with van der Waals surface area (Å²) in [5.41, 5.74) is 4.52. The number of carbonyl (C=O) groups excluding carboxylic acids is 1. The summed E-state index contributed by atoms with van der Waals surface area (Å²) in [7, 11) is 6.13. The van der Waals surface area contributed by atoms with Gasteiger partial charge in [-0.3, -0.25) is 4.79 Å². The molecule has 8 heteroatoms. The Balaban J connectivity index is 1.99. The van der Waals surface area contributed by atoms with Crippen LogP contribution in [0.25, 0.3) is 5.69 Å². The average Bonchev–Trinajstić information content (AvgIpc) is 3.24. The summed E-state index contributed by atoms with van der Waals surface area (Å²) in [6.45, 7) is 13.1. The monoisotopic (exact) mass is 477 g/mol. The predicted octanol–water partition coefficient (Wildman–Crippen LogP) is 3.66. The zero-order valence-corrected chi connectivity index (χ0v) is 22.0. The van der Waals surface area contributed by atoms with Crippen molar-refractivity contribution in [2.24, 2.45) is 10.9 Å². The molecular formula is C27H39N7O. The smallest absolute Gasteiger partial charge is 0.261 e. The van der Waals surface area contributed by atoms with Crippen LogP contribution in [0, 0.1) is 5.92 Å². The SMILES string of the molecule is C=C(N=CC1=C(C(C)CC)N(C)CCN(c2cccc(-n3cc(CN(C)C)cn3)c2)C1=O)NCC. The van der Waals surface area contributed by atoms with Crippen molar-refractivity contribution >= 4 is 17.8 Å². The molecule has 0 fully saturated rings. The van der Waals surface area contributed by atoms with Gasteiger partial charge < -0.3 is 20.0 Å². The molecule has 1 unspecified atom stereocenters. The summed E-state index contributed by atoms with van der Waals surface area (Å²) in [6.07, 6.45) is 6.52. The number of aliphatic imine (C=N–C) groups is 1. The molecule has 188 valence electrons. The number of nitrogens with zero attached hydrogens (tertiary/aromatic N) is 6. The maximum atomic E-state index is 13.9. The van der Waals surface area contributed by atoms with Crippen LogP contribution in [0.4, 0.5) is 5.69 Å². The molecule has 1 aliphatic rings. The summed E-state index contributed by atoms with van der Waals surface area (Å²) >= 11 is 0. The minimum atomic E-state index is -0.0522. The minimum absolute atomic E-state index is 0.0522. The fraction of sp³-hybridized carbons (Fsp3) is 0.444. The van der Waals surface area contributed by atoms with E-state index >= 15 is 0 Å². The van der Waals surface area contributed by atoms with Crippen LogP contribution in [0.15, 0.2) is 65.3 Å². The maximum Gasteiger partial charge on any atom is 0.261 e. The van der Waals surface area contributed by atoms with E-state index in [0.29, 0.717) is 17.9 Å². The van der Waals surface area contributed by atoms with Gasteiger partial charge in [-0.05, 0) is 51.6 Å². The number of aromatic nitrogens is 2. The van der Waals surface area contributed by atoms with Crippen LogP contribution < -0.4 is 10.2 Å². The first-order chi connectivity index (χ1) is 16.7. The van der Waals surface area contributed by atoms with Crippen molar-refractivity contribution in [3.05, 3.63) is 65.9 Å². The number of benzene rings is 1. The third-order valence-corrected chi connectivity index (χ3v) is 6.17. The Labute approximate surface area is 209 Å². The first-order valence-corrected chi connectivity index (χ1v) is 12.3. The zero-order valence-electron chi connectivity index (χ0n) is 22.0. The molecular weight excluding hydrogens is 438 g/mol. The Morgan fingerprint density at radius 3 is 2.71 bits per heavy atom. The molecule has 0 bridgehead atoms. The van der Waals surface area contributed by atoms with E-state index in [4.69, 9.17) is 0 Å². The first kappa shape index (κ1) is 26.2. The van der Waals surface area contributed by atoms with E-state index in [0.717, 1.165) is 48.7 Å². The van der Waals surface area contributed by atoms with E-state index in [1.54, 1.807) is 6.21 Å². The third-order valence-electron chi connectivity index (χ3n) is 6.17. The Bertz CT molecular complexity index is 1100. The second-order valence-electron chi connectivity index (χ2n) is 9.27. The van der Waals surface area contributed by atoms with E-state index < -0.39 is 0 Å². The Kier molecular flexibility index (Phi) is 8.87. The average molecular weight is 478 g/mol. The lowest BCUT2D eigenvalue weighted by Crippen LogP contribution is -2.34. The number of allylic oxidation sites excluding steroid dienone is 1. The van der Waals surface area contributed by atoms with E-state index in [1.165, 1.54) is 0 Å². The highest BCUT2D eigenvalue weighted by atomic mass is 16.2. The standard InChI is InChI=1S/C27H39N7O/c1-8-20(3)26-25(17-29-21(4)28-9-2)27(35)33(14-13-32(26)7)23-11-10-12-24(15-23)34-19-22(16-30-34)18-31(5)6/h10-12,15-17,19-20,28H,4,8-9,13-14,18H2,1-3,5-7H3. The van der Waals surface area contributed by atoms with Crippen LogP contribution >= 0.6 is 0 Å². The van der Waals surface area contributed by atoms with Gasteiger partial charge in [-0.15, -0.1) is 0 Å². The number of carbonyl (C=O) groups is 1. The van der Waals surface area contributed by atoms with Gasteiger partial charge in [0.25, 0.3) is 5.91 Å². The second kappa shape index (κ2) is 11.8. The van der Waals surface area contributed by atoms with Crippen molar-refractivity contribution in [3.63, 3.8) is 0 Å². The predicted molar refractivity (Wildman–Crippen MR) is 144 cm³/mol. The minimum Gasteiger partial charge on any atom is -0.375 e. The van der Waals surface area contributed by atoms with Gasteiger partial charge in [-0.1, -0.05) is 26.5 Å². The van der Waals surface area contributed by atoms with Gasteiger partial charge in [0.05, 0.1) is 17.5 Å². The number of amides is 1. The van der Waals surface area contributed by atoms with Crippen LogP contribution in [0.1, 0.15) is 32.8 Å². The number of nitrogens with one attached hydrogen (secondary N) is 1. The van der Waals surface area contributed by atoms with Crippen molar-refractivity contribution in [3.8, 4) is 5.69 Å². The molecule has 1 atom stereocenters. The van der Waals surface area contributed by atoms with Crippen LogP contribution in [0.3, 0.4) is 0 Å². The molecule has 1 aromatic carbocycles. The fourth-order valence-corrected chi connectivity index (χ4v) is 4.28. The number of rotatable bonds is 10. The number of hydrogen-bond acceptors (Lipinski definition) is 6. The van der Waals surface area contributed by atoms with Crippen molar-refractivity contribution < 1.29 is 4.79 Å². The van der Waals surface area contributed by atoms with Crippen molar-refractivity contribution in [2.45, 2.75) is 33.7 Å². The molecule has 2 aromatic rings. The van der Waals surface area contributed by atoms with Crippen LogP contribution in [0.2, 0.25) is 0 Å². The molecule has 0 saturated heterocycles. The topological polar surface area (TPSA) is 69.0 Å². The maximum absolute atomic E-state index is 13.9. The van der Waals surface area contributed by atoms with Gasteiger partial charge in [-0.2, -0.15) is 5.10 Å². The summed E-state index contributed by atoms with van der Waals surface area (Å²) < 4.78 is 1.86. The van der Waals surface area contributed by atoms with Gasteiger partial charge in [0.15, 0.2) is 0 Å². The highest BCUT2D eigenvalue weighted by Gasteiger charge is 2.30. The first-order valence-electron chi connectivity index (χ1n) is 12.3. The molecule has 1 aromatic heterocycles. The highest BCUT2D eigenvalue weighted by Crippen LogP contribution is 2.28. The van der Waals surface area contributed by atoms with Crippen molar-refractivity contribution in [1.29, 1.82) is 0 Å². The van der Waals surface area contributed by atoms with Crippen LogP contribution in [-0.4, -0.2) is 72.5 Å². The summed E-state index contributed by atoms with van der Waals surface area (Å²) in [6, 6.07) is 7.98. The molecule has 35 heavy (non-hydrogen) atoms. The number of likely N-dealkylation sites (N-methyl/N-ethyl adjacent to an activating group) is 1. The van der Waals surface area contributed by atoms with E-state index in [2.05, 4.69) is 52.7 Å². The third kappa shape index (κ3) is 6.39. The van der Waals surface area contributed by atoms with Crippen molar-refractivity contribution in [1.82, 2.24) is 24.9 Å². The lowest BCUT2D eigenvalue weighted by atomic mass is 9.98. The van der Waals surface area contributed by atoms with Crippen LogP contribution in [-0.2, 0) is 11.3 Å². The van der Waals surface area contributed by atoms with E-state index in [9.17, 15) is 4.79 Å². The molecule has 0 radical (unpaired) electrons. The molecule has 2 heterocycles. The summed E-state index contributed by atoms with van der Waals surface area (Å²) in [4.78, 5) is 24.6. The molecule has 0 saturated carbocycles. The van der Waals surface area contributed by atoms with Gasteiger partial charge in [0.1, 0.15) is 5.82 Å². The Morgan fingerprint density at radius 2 is 2.03 bits per heavy atom. The van der Waals surface area contributed by atoms with E-state index in [1.807, 2.05) is 67.3 Å². The number of hydrogen-bond donors (Lipinski definition) is 1. The molecule has 1 amide bonds. The quantitative estimate of drug-likeness (QED) is 0.529. The molecule has 1 aliphatic heterocycles. The van der Waals surface area contributed by atoms with Gasteiger partial charge in [-0.25, -0.2) is 9.67 Å². The molecule has 0 spiro atoms. The van der Waals surface area contributed by atoms with Crippen LogP contribution in [0.5, 0.6) is 0 Å².